The molecule has 3 rings (SSSR count). The summed E-state index contributed by atoms with van der Waals surface area (Å²) < 4.78 is 5.90. The molecule has 4 heteroatoms. The SMILES string of the molecule is Cc1ccc(OC2CN(Cc3cncs3)C2)cc1. The van der Waals surface area contributed by atoms with Crippen molar-refractivity contribution in [3.8, 4) is 5.75 Å². The van der Waals surface area contributed by atoms with Crippen LogP contribution >= 0.6 is 11.3 Å². The lowest BCUT2D eigenvalue weighted by atomic mass is 10.1. The molecule has 0 spiro atoms. The van der Waals surface area contributed by atoms with Gasteiger partial charge in [-0.2, -0.15) is 0 Å². The lowest BCUT2D eigenvalue weighted by molar-refractivity contribution is 0.0152. The van der Waals surface area contributed by atoms with Crippen molar-refractivity contribution in [1.29, 1.82) is 0 Å². The maximum Gasteiger partial charge on any atom is 0.124 e. The third-order valence-electron chi connectivity index (χ3n) is 3.11. The van der Waals surface area contributed by atoms with Crippen LogP contribution in [-0.2, 0) is 6.54 Å². The van der Waals surface area contributed by atoms with Crippen molar-refractivity contribution >= 4 is 11.3 Å². The van der Waals surface area contributed by atoms with E-state index in [4.69, 9.17) is 4.74 Å². The fraction of sp³-hybridized carbons (Fsp3) is 0.357. The molecule has 1 saturated heterocycles. The summed E-state index contributed by atoms with van der Waals surface area (Å²) in [5.41, 5.74) is 3.15. The molecule has 0 radical (unpaired) electrons. The Morgan fingerprint density at radius 2 is 2.11 bits per heavy atom. The average molecular weight is 260 g/mol. The van der Waals surface area contributed by atoms with Gasteiger partial charge in [0.15, 0.2) is 0 Å². The van der Waals surface area contributed by atoms with Gasteiger partial charge >= 0.3 is 0 Å². The van der Waals surface area contributed by atoms with Crippen LogP contribution in [0.3, 0.4) is 0 Å². The van der Waals surface area contributed by atoms with Crippen LogP contribution < -0.4 is 4.74 Å². The Bertz CT molecular complexity index is 489. The maximum atomic E-state index is 5.90. The summed E-state index contributed by atoms with van der Waals surface area (Å²) in [5.74, 6) is 0.975. The molecule has 1 aliphatic heterocycles. The van der Waals surface area contributed by atoms with E-state index >= 15 is 0 Å². The van der Waals surface area contributed by atoms with Crippen LogP contribution in [0.2, 0.25) is 0 Å². The first-order valence-electron chi connectivity index (χ1n) is 6.12. The second-order valence-electron chi connectivity index (χ2n) is 4.71. The van der Waals surface area contributed by atoms with E-state index in [0.29, 0.717) is 6.10 Å². The highest BCUT2D eigenvalue weighted by Gasteiger charge is 2.28. The molecule has 0 aliphatic carbocycles. The number of rotatable bonds is 4. The lowest BCUT2D eigenvalue weighted by Crippen LogP contribution is -2.52. The number of ether oxygens (including phenoxy) is 1. The number of aromatic nitrogens is 1. The summed E-state index contributed by atoms with van der Waals surface area (Å²) in [7, 11) is 0. The van der Waals surface area contributed by atoms with Gasteiger partial charge in [0.05, 0.1) is 5.51 Å². The predicted molar refractivity (Wildman–Crippen MR) is 73.0 cm³/mol. The van der Waals surface area contributed by atoms with Crippen molar-refractivity contribution in [3.05, 3.63) is 46.4 Å². The molecular formula is C14H16N2OS. The van der Waals surface area contributed by atoms with E-state index in [1.54, 1.807) is 11.3 Å². The fourth-order valence-corrected chi connectivity index (χ4v) is 2.71. The van der Waals surface area contributed by atoms with Crippen LogP contribution in [0.5, 0.6) is 5.75 Å². The first-order chi connectivity index (χ1) is 8.79. The first-order valence-corrected chi connectivity index (χ1v) is 7.00. The summed E-state index contributed by atoms with van der Waals surface area (Å²) in [4.78, 5) is 7.79. The van der Waals surface area contributed by atoms with Crippen LogP contribution in [-0.4, -0.2) is 29.1 Å². The van der Waals surface area contributed by atoms with E-state index in [2.05, 4.69) is 28.9 Å². The minimum absolute atomic E-state index is 0.334. The molecule has 0 unspecified atom stereocenters. The summed E-state index contributed by atoms with van der Waals surface area (Å²) in [6.45, 7) is 5.10. The van der Waals surface area contributed by atoms with Crippen molar-refractivity contribution in [2.75, 3.05) is 13.1 Å². The molecule has 18 heavy (non-hydrogen) atoms. The quantitative estimate of drug-likeness (QED) is 0.845. The number of hydrogen-bond acceptors (Lipinski definition) is 4. The van der Waals surface area contributed by atoms with Crippen molar-refractivity contribution in [2.24, 2.45) is 0 Å². The number of thiazole rings is 1. The third-order valence-corrected chi connectivity index (χ3v) is 3.87. The summed E-state index contributed by atoms with van der Waals surface area (Å²) in [6.07, 6.45) is 2.28. The molecule has 0 atom stereocenters. The summed E-state index contributed by atoms with van der Waals surface area (Å²) in [6, 6.07) is 8.26. The molecule has 2 heterocycles. The molecule has 2 aromatic rings. The Balaban J connectivity index is 1.46. The van der Waals surface area contributed by atoms with E-state index < -0.39 is 0 Å². The van der Waals surface area contributed by atoms with Gasteiger partial charge in [-0.3, -0.25) is 9.88 Å². The van der Waals surface area contributed by atoms with Gasteiger partial charge in [-0.05, 0) is 19.1 Å². The van der Waals surface area contributed by atoms with Gasteiger partial charge in [-0.15, -0.1) is 11.3 Å². The van der Waals surface area contributed by atoms with Crippen LogP contribution in [0.4, 0.5) is 0 Å². The first kappa shape index (κ1) is 11.7. The highest BCUT2D eigenvalue weighted by Crippen LogP contribution is 2.21. The van der Waals surface area contributed by atoms with Gasteiger partial charge in [0.2, 0.25) is 0 Å². The Labute approximate surface area is 111 Å². The van der Waals surface area contributed by atoms with E-state index in [1.807, 2.05) is 23.8 Å². The van der Waals surface area contributed by atoms with Gasteiger partial charge in [-0.25, -0.2) is 0 Å². The van der Waals surface area contributed by atoms with Crippen LogP contribution in [0.1, 0.15) is 10.4 Å². The Kier molecular flexibility index (Phi) is 3.30. The molecular weight excluding hydrogens is 244 g/mol. The van der Waals surface area contributed by atoms with Crippen molar-refractivity contribution in [1.82, 2.24) is 9.88 Å². The smallest absolute Gasteiger partial charge is 0.124 e. The number of likely N-dealkylation sites (tertiary alicyclic amines) is 1. The molecule has 1 fully saturated rings. The minimum atomic E-state index is 0.334. The average Bonchev–Trinajstić information content (AvgIpc) is 2.82. The zero-order valence-corrected chi connectivity index (χ0v) is 11.2. The zero-order valence-electron chi connectivity index (χ0n) is 10.4. The fourth-order valence-electron chi connectivity index (χ4n) is 2.08. The van der Waals surface area contributed by atoms with Crippen molar-refractivity contribution in [3.63, 3.8) is 0 Å². The van der Waals surface area contributed by atoms with Gasteiger partial charge in [0.25, 0.3) is 0 Å². The lowest BCUT2D eigenvalue weighted by Gasteiger charge is -2.38. The Hall–Kier alpha value is -1.39. The molecule has 0 amide bonds. The summed E-state index contributed by atoms with van der Waals surface area (Å²) >= 11 is 1.71. The second-order valence-corrected chi connectivity index (χ2v) is 5.69. The van der Waals surface area contributed by atoms with Crippen LogP contribution in [0.15, 0.2) is 36.0 Å². The molecule has 0 bridgehead atoms. The van der Waals surface area contributed by atoms with Crippen LogP contribution in [0, 0.1) is 6.92 Å². The minimum Gasteiger partial charge on any atom is -0.488 e. The Morgan fingerprint density at radius 3 is 2.78 bits per heavy atom. The standard InChI is InChI=1S/C14H16N2OS/c1-11-2-4-12(5-3-11)17-13-7-16(8-13)9-14-6-15-10-18-14/h2-6,10,13H,7-9H2,1H3. The number of nitrogens with zero attached hydrogens (tertiary/aromatic N) is 2. The largest absolute Gasteiger partial charge is 0.488 e. The predicted octanol–water partition coefficient (Wildman–Crippen LogP) is 2.71. The zero-order chi connectivity index (χ0) is 12.4. The summed E-state index contributed by atoms with van der Waals surface area (Å²) in [5, 5.41) is 0. The normalized spacial score (nSPS) is 16.5. The van der Waals surface area contributed by atoms with Crippen molar-refractivity contribution < 1.29 is 4.74 Å². The molecule has 1 aliphatic rings. The Morgan fingerprint density at radius 1 is 1.33 bits per heavy atom. The highest BCUT2D eigenvalue weighted by atomic mass is 32.1. The van der Waals surface area contributed by atoms with Gasteiger partial charge in [0.1, 0.15) is 11.9 Å². The van der Waals surface area contributed by atoms with E-state index in [-0.39, 0.29) is 0 Å². The number of aryl methyl sites for hydroxylation is 1. The van der Waals surface area contributed by atoms with Gasteiger partial charge in [0, 0.05) is 30.7 Å². The molecule has 0 saturated carbocycles. The molecule has 1 aromatic carbocycles. The third kappa shape index (κ3) is 2.71. The van der Waals surface area contributed by atoms with E-state index in [0.717, 1.165) is 25.4 Å². The topological polar surface area (TPSA) is 25.4 Å². The second kappa shape index (κ2) is 5.08. The highest BCUT2D eigenvalue weighted by molar-refractivity contribution is 7.09. The van der Waals surface area contributed by atoms with Gasteiger partial charge in [-0.1, -0.05) is 17.7 Å². The van der Waals surface area contributed by atoms with E-state index in [1.165, 1.54) is 10.4 Å². The van der Waals surface area contributed by atoms with E-state index in [9.17, 15) is 0 Å². The molecule has 0 N–H and O–H groups in total. The van der Waals surface area contributed by atoms with Crippen molar-refractivity contribution in [2.45, 2.75) is 19.6 Å². The van der Waals surface area contributed by atoms with Crippen LogP contribution in [0.25, 0.3) is 0 Å². The number of benzene rings is 1. The molecule has 94 valence electrons. The maximum absolute atomic E-state index is 5.90. The number of hydrogen-bond donors (Lipinski definition) is 0. The molecule has 1 aromatic heterocycles. The molecule has 3 nitrogen and oxygen atoms in total. The monoisotopic (exact) mass is 260 g/mol. The van der Waals surface area contributed by atoms with Gasteiger partial charge < -0.3 is 4.74 Å².